The van der Waals surface area contributed by atoms with Crippen molar-refractivity contribution < 1.29 is 14.4 Å². The summed E-state index contributed by atoms with van der Waals surface area (Å²) >= 11 is 4.72. The lowest BCUT2D eigenvalue weighted by Crippen LogP contribution is -2.55. The zero-order valence-electron chi connectivity index (χ0n) is 41.4. The standard InChI is InChI=1S/C66H58N3O3S3/c67-62(71)59(48-74-65(53-34-16-4-17-35-53,54-36-18-5-19-37-54)55-38-20-6-21-39-55)69-63(72)60(49-75-66(56-40-22-7-23-41-56,57-42-24-8-25-43-57)58-44-26-9-27-45-58)68-61(70)46-47-73-64(50-28-10-1-11-29-50,51-30-12-2-13-31-51)52-32-14-3-15-33-52/h1-46,59-60H,47-49H2,(H2,67,71)(H,68,70)(H,69,72)/t59-,60-/m1/s1. The van der Waals surface area contributed by atoms with Gasteiger partial charge in [0.05, 0.1) is 20.7 Å². The highest BCUT2D eigenvalue weighted by Gasteiger charge is 2.42. The Hall–Kier alpha value is -7.56. The number of nitrogens with one attached hydrogen (secondary N) is 2. The molecule has 0 aliphatic rings. The number of primary amides is 1. The van der Waals surface area contributed by atoms with Gasteiger partial charge in [-0.15, -0.1) is 35.3 Å². The fraction of sp³-hybridized carbons (Fsp3) is 0.121. The largest absolute Gasteiger partial charge is 0.368 e. The third-order valence-electron chi connectivity index (χ3n) is 13.4. The van der Waals surface area contributed by atoms with Crippen LogP contribution in [0.15, 0.2) is 273 Å². The number of hydrogen-bond donors (Lipinski definition) is 3. The summed E-state index contributed by atoms with van der Waals surface area (Å²) in [5.74, 6) is -1.09. The van der Waals surface area contributed by atoms with Crippen molar-refractivity contribution in [3.8, 4) is 0 Å². The maximum absolute atomic E-state index is 15.3. The highest BCUT2D eigenvalue weighted by Crippen LogP contribution is 2.51. The van der Waals surface area contributed by atoms with E-state index in [4.69, 9.17) is 5.73 Å². The number of thioether (sulfide) groups is 3. The van der Waals surface area contributed by atoms with Gasteiger partial charge in [-0.1, -0.05) is 273 Å². The van der Waals surface area contributed by atoms with Gasteiger partial charge in [-0.3, -0.25) is 14.4 Å². The van der Waals surface area contributed by atoms with Gasteiger partial charge in [-0.25, -0.2) is 0 Å². The molecular weight excluding hydrogens is 979 g/mol. The molecule has 9 rings (SSSR count). The summed E-state index contributed by atoms with van der Waals surface area (Å²) in [6, 6.07) is 90.0. The molecule has 6 nitrogen and oxygen atoms in total. The molecule has 0 unspecified atom stereocenters. The van der Waals surface area contributed by atoms with Crippen LogP contribution in [0.1, 0.15) is 50.1 Å². The lowest BCUT2D eigenvalue weighted by Gasteiger charge is -2.37. The molecule has 0 aliphatic heterocycles. The van der Waals surface area contributed by atoms with Crippen LogP contribution in [0.2, 0.25) is 0 Å². The Labute approximate surface area is 454 Å². The second-order valence-corrected chi connectivity index (χ2v) is 21.7. The molecule has 0 aliphatic carbocycles. The van der Waals surface area contributed by atoms with Gasteiger partial charge in [-0.05, 0) is 50.1 Å². The molecule has 9 aromatic carbocycles. The van der Waals surface area contributed by atoms with E-state index >= 15 is 4.79 Å². The summed E-state index contributed by atoms with van der Waals surface area (Å²) in [5.41, 5.74) is 15.5. The Morgan fingerprint density at radius 3 is 0.813 bits per heavy atom. The van der Waals surface area contributed by atoms with Crippen LogP contribution in [0.25, 0.3) is 0 Å². The molecule has 2 atom stereocenters. The van der Waals surface area contributed by atoms with Gasteiger partial charge in [0.1, 0.15) is 12.1 Å². The van der Waals surface area contributed by atoms with Crippen molar-refractivity contribution >= 4 is 53.0 Å². The van der Waals surface area contributed by atoms with Crippen LogP contribution in [-0.2, 0) is 28.6 Å². The number of rotatable bonds is 23. The molecule has 0 saturated heterocycles. The van der Waals surface area contributed by atoms with E-state index in [9.17, 15) is 9.59 Å². The SMILES string of the molecule is NC(=O)[C@@H](CSC(c1ccccc1)(c1ccccc1)c1ccccc1)NC(=O)[C@@H](CSC(c1ccccc1)(c1ccccc1)c1ccccc1)NC(=O)[CH]CSC(c1ccccc1)(c1ccccc1)c1ccccc1. The van der Waals surface area contributed by atoms with Crippen molar-refractivity contribution in [3.63, 3.8) is 0 Å². The lowest BCUT2D eigenvalue weighted by molar-refractivity contribution is -0.129. The summed E-state index contributed by atoms with van der Waals surface area (Å²) in [5, 5.41) is 6.21. The summed E-state index contributed by atoms with van der Waals surface area (Å²) < 4.78 is -2.27. The zero-order chi connectivity index (χ0) is 51.8. The first kappa shape index (κ1) is 52.3. The highest BCUT2D eigenvalue weighted by molar-refractivity contribution is 8.01. The minimum Gasteiger partial charge on any atom is -0.368 e. The molecule has 75 heavy (non-hydrogen) atoms. The third-order valence-corrected chi connectivity index (χ3v) is 18.2. The minimum atomic E-state index is -1.12. The van der Waals surface area contributed by atoms with Crippen LogP contribution in [-0.4, -0.2) is 47.1 Å². The average molecular weight is 1040 g/mol. The molecule has 0 bridgehead atoms. The predicted octanol–water partition coefficient (Wildman–Crippen LogP) is 12.8. The normalized spacial score (nSPS) is 12.5. The van der Waals surface area contributed by atoms with Gasteiger partial charge in [0.25, 0.3) is 0 Å². The Bertz CT molecular complexity index is 2910. The van der Waals surface area contributed by atoms with Gasteiger partial charge in [0, 0.05) is 17.3 Å². The monoisotopic (exact) mass is 1040 g/mol. The average Bonchev–Trinajstić information content (AvgIpc) is 3.48. The van der Waals surface area contributed by atoms with Crippen LogP contribution < -0.4 is 16.4 Å². The Morgan fingerprint density at radius 1 is 0.347 bits per heavy atom. The molecule has 1 radical (unpaired) electrons. The van der Waals surface area contributed by atoms with Crippen molar-refractivity contribution in [1.29, 1.82) is 0 Å². The first-order valence-electron chi connectivity index (χ1n) is 25.0. The molecule has 373 valence electrons. The summed E-state index contributed by atoms with van der Waals surface area (Å²) in [4.78, 5) is 43.7. The van der Waals surface area contributed by atoms with Crippen LogP contribution in [0, 0.1) is 6.42 Å². The maximum Gasteiger partial charge on any atom is 0.244 e. The number of carbonyl (C=O) groups excluding carboxylic acids is 3. The van der Waals surface area contributed by atoms with E-state index in [0.717, 1.165) is 50.1 Å². The van der Waals surface area contributed by atoms with Gasteiger partial charge in [-0.2, -0.15) is 0 Å². The maximum atomic E-state index is 15.3. The number of hydrogen-bond acceptors (Lipinski definition) is 6. The first-order valence-corrected chi connectivity index (χ1v) is 28.0. The van der Waals surface area contributed by atoms with Gasteiger partial charge in [0.15, 0.2) is 0 Å². The highest BCUT2D eigenvalue weighted by atomic mass is 32.2. The van der Waals surface area contributed by atoms with E-state index in [-0.39, 0.29) is 11.5 Å². The van der Waals surface area contributed by atoms with Crippen molar-refractivity contribution in [2.75, 3.05) is 17.3 Å². The van der Waals surface area contributed by atoms with Crippen molar-refractivity contribution in [2.24, 2.45) is 5.73 Å². The second kappa shape index (κ2) is 25.1. The predicted molar refractivity (Wildman–Crippen MR) is 312 cm³/mol. The quantitative estimate of drug-likeness (QED) is 0.0552. The summed E-state index contributed by atoms with van der Waals surface area (Å²) in [7, 11) is 0. The third kappa shape index (κ3) is 11.7. The van der Waals surface area contributed by atoms with E-state index in [2.05, 4.69) is 120 Å². The molecule has 0 heterocycles. The van der Waals surface area contributed by atoms with Crippen molar-refractivity contribution in [1.82, 2.24) is 10.6 Å². The van der Waals surface area contributed by atoms with E-state index in [1.54, 1.807) is 29.9 Å². The molecular formula is C66H58N3O3S3. The Kier molecular flexibility index (Phi) is 17.5. The zero-order valence-corrected chi connectivity index (χ0v) is 43.8. The number of nitrogens with two attached hydrogens (primary N) is 1. The van der Waals surface area contributed by atoms with Crippen molar-refractivity contribution in [2.45, 2.75) is 26.3 Å². The smallest absolute Gasteiger partial charge is 0.244 e. The molecule has 0 saturated carbocycles. The summed E-state index contributed by atoms with van der Waals surface area (Å²) in [6.45, 7) is 0. The molecule has 0 aromatic heterocycles. The molecule has 9 aromatic rings. The Morgan fingerprint density at radius 2 is 0.573 bits per heavy atom. The van der Waals surface area contributed by atoms with Crippen LogP contribution >= 0.6 is 35.3 Å². The van der Waals surface area contributed by atoms with Gasteiger partial charge in [0.2, 0.25) is 17.7 Å². The summed E-state index contributed by atoms with van der Waals surface area (Å²) in [6.07, 6.45) is 1.62. The molecule has 0 spiro atoms. The topological polar surface area (TPSA) is 101 Å². The van der Waals surface area contributed by atoms with Gasteiger partial charge >= 0.3 is 0 Å². The van der Waals surface area contributed by atoms with E-state index < -0.39 is 44.0 Å². The second-order valence-electron chi connectivity index (χ2n) is 18.0. The number of benzene rings is 9. The van der Waals surface area contributed by atoms with E-state index in [0.29, 0.717) is 5.75 Å². The molecule has 4 N–H and O–H groups in total. The van der Waals surface area contributed by atoms with Crippen LogP contribution in [0.4, 0.5) is 0 Å². The molecule has 9 heteroatoms. The Balaban J connectivity index is 1.05. The van der Waals surface area contributed by atoms with Gasteiger partial charge < -0.3 is 16.4 Å². The molecule has 0 fully saturated rings. The van der Waals surface area contributed by atoms with E-state index in [1.165, 1.54) is 11.8 Å². The minimum absolute atomic E-state index is 0.124. The van der Waals surface area contributed by atoms with Crippen molar-refractivity contribution in [3.05, 3.63) is 329 Å². The number of carbonyl (C=O) groups is 3. The first-order chi connectivity index (χ1) is 36.8. The van der Waals surface area contributed by atoms with Crippen LogP contribution in [0.3, 0.4) is 0 Å². The van der Waals surface area contributed by atoms with Crippen LogP contribution in [0.5, 0.6) is 0 Å². The fourth-order valence-electron chi connectivity index (χ4n) is 9.85. The molecule has 3 amide bonds. The number of amides is 3. The van der Waals surface area contributed by atoms with E-state index in [1.807, 2.05) is 164 Å². The lowest BCUT2D eigenvalue weighted by atomic mass is 9.84. The fourth-order valence-corrected chi connectivity index (χ4v) is 14.4.